The van der Waals surface area contributed by atoms with Crippen molar-refractivity contribution >= 4 is 24.1 Å². The summed E-state index contributed by atoms with van der Waals surface area (Å²) in [5, 5.41) is -0.0214. The van der Waals surface area contributed by atoms with Crippen LogP contribution in [-0.4, -0.2) is 77.9 Å². The Morgan fingerprint density at radius 3 is 2.20 bits per heavy atom. The van der Waals surface area contributed by atoms with Gasteiger partial charge >= 0.3 is 0 Å². The maximum atomic E-state index is 11.8. The normalized spacial score (nSPS) is 16.3. The van der Waals surface area contributed by atoms with Crippen LogP contribution in [0.4, 0.5) is 0 Å². The number of aliphatic imine (C=N–C) groups is 1. The SMILES string of the molecule is COC[C@H](C)Oc1cc(Oc2ccc(S(C)(=O)=O)nc2)cc(-c2ccc(C3=NC[C@H](CO[Si](C(C)C)(C(C)C)C(C)C)O3)[nH]2)c1. The summed E-state index contributed by atoms with van der Waals surface area (Å²) in [6, 6.07) is 12.5. The first kappa shape index (κ1) is 34.7. The maximum absolute atomic E-state index is 11.8. The van der Waals surface area contributed by atoms with E-state index in [0.717, 1.165) is 23.2 Å². The Labute approximate surface area is 268 Å². The van der Waals surface area contributed by atoms with Crippen LogP contribution in [0.2, 0.25) is 16.6 Å². The molecule has 0 fully saturated rings. The first-order chi connectivity index (χ1) is 21.2. The number of nitrogens with zero attached hydrogens (tertiary/aromatic N) is 2. The van der Waals surface area contributed by atoms with E-state index >= 15 is 0 Å². The number of benzene rings is 1. The average Bonchev–Trinajstić information content (AvgIpc) is 3.63. The minimum Gasteiger partial charge on any atom is -0.488 e. The van der Waals surface area contributed by atoms with Gasteiger partial charge in [-0.3, -0.25) is 0 Å². The van der Waals surface area contributed by atoms with Crippen molar-refractivity contribution in [2.75, 3.05) is 33.1 Å². The van der Waals surface area contributed by atoms with E-state index in [9.17, 15) is 8.42 Å². The summed E-state index contributed by atoms with van der Waals surface area (Å²) in [6.07, 6.45) is 2.17. The van der Waals surface area contributed by atoms with Crippen LogP contribution in [-0.2, 0) is 23.7 Å². The fourth-order valence-corrected chi connectivity index (χ4v) is 12.2. The van der Waals surface area contributed by atoms with E-state index < -0.39 is 18.2 Å². The molecule has 0 unspecified atom stereocenters. The summed E-state index contributed by atoms with van der Waals surface area (Å²) in [7, 11) is -3.80. The summed E-state index contributed by atoms with van der Waals surface area (Å²) in [6.45, 7) is 17.1. The maximum Gasteiger partial charge on any atom is 0.233 e. The predicted octanol–water partition coefficient (Wildman–Crippen LogP) is 7.02. The molecule has 1 aliphatic heterocycles. The van der Waals surface area contributed by atoms with Crippen molar-refractivity contribution in [1.82, 2.24) is 9.97 Å². The zero-order valence-corrected chi connectivity index (χ0v) is 29.6. The highest BCUT2D eigenvalue weighted by atomic mass is 32.2. The van der Waals surface area contributed by atoms with Crippen LogP contribution in [0.25, 0.3) is 11.3 Å². The van der Waals surface area contributed by atoms with Gasteiger partial charge in [0.1, 0.15) is 35.2 Å². The van der Waals surface area contributed by atoms with Crippen LogP contribution in [0.15, 0.2) is 58.7 Å². The largest absolute Gasteiger partial charge is 0.488 e. The van der Waals surface area contributed by atoms with E-state index in [4.69, 9.17) is 28.4 Å². The van der Waals surface area contributed by atoms with Gasteiger partial charge in [0.05, 0.1) is 26.0 Å². The smallest absolute Gasteiger partial charge is 0.233 e. The number of rotatable bonds is 15. The van der Waals surface area contributed by atoms with E-state index in [0.29, 0.717) is 59.5 Å². The number of pyridine rings is 1. The van der Waals surface area contributed by atoms with Gasteiger partial charge in [0.2, 0.25) is 14.2 Å². The van der Waals surface area contributed by atoms with Crippen molar-refractivity contribution < 1.29 is 31.8 Å². The second-order valence-electron chi connectivity index (χ2n) is 12.6. The second kappa shape index (κ2) is 14.5. The van der Waals surface area contributed by atoms with E-state index in [2.05, 4.69) is 51.5 Å². The number of aromatic amines is 1. The fourth-order valence-electron chi connectivity index (χ4n) is 6.22. The van der Waals surface area contributed by atoms with E-state index in [1.807, 2.05) is 31.2 Å². The van der Waals surface area contributed by atoms with Crippen molar-refractivity contribution in [3.05, 3.63) is 54.4 Å². The molecule has 0 radical (unpaired) electrons. The van der Waals surface area contributed by atoms with Gasteiger partial charge in [0.25, 0.3) is 0 Å². The zero-order chi connectivity index (χ0) is 32.9. The molecule has 0 amide bonds. The van der Waals surface area contributed by atoms with Gasteiger partial charge in [-0.1, -0.05) is 41.5 Å². The van der Waals surface area contributed by atoms with Crippen molar-refractivity contribution in [3.8, 4) is 28.5 Å². The highest BCUT2D eigenvalue weighted by Crippen LogP contribution is 2.42. The van der Waals surface area contributed by atoms with Gasteiger partial charge < -0.3 is 28.4 Å². The molecule has 3 heterocycles. The quantitative estimate of drug-likeness (QED) is 0.173. The van der Waals surface area contributed by atoms with E-state index in [-0.39, 0.29) is 17.2 Å². The van der Waals surface area contributed by atoms with Gasteiger partial charge in [0.15, 0.2) is 14.9 Å². The molecular weight excluding hydrogens is 611 g/mol. The molecule has 0 bridgehead atoms. The topological polar surface area (TPSA) is 121 Å². The van der Waals surface area contributed by atoms with Crippen molar-refractivity contribution in [2.45, 2.75) is 82.3 Å². The molecule has 12 heteroatoms. The van der Waals surface area contributed by atoms with Gasteiger partial charge in [-0.25, -0.2) is 18.4 Å². The number of ether oxygens (including phenoxy) is 4. The average molecular weight is 658 g/mol. The monoisotopic (exact) mass is 657 g/mol. The minimum atomic E-state index is -3.42. The zero-order valence-electron chi connectivity index (χ0n) is 27.8. The van der Waals surface area contributed by atoms with Crippen LogP contribution in [0.3, 0.4) is 0 Å². The molecule has 1 N–H and O–H groups in total. The highest BCUT2D eigenvalue weighted by molar-refractivity contribution is 7.90. The first-order valence-electron chi connectivity index (χ1n) is 15.4. The number of sulfone groups is 1. The lowest BCUT2D eigenvalue weighted by Gasteiger charge is -2.42. The Morgan fingerprint density at radius 1 is 0.933 bits per heavy atom. The number of aromatic nitrogens is 2. The minimum absolute atomic E-state index is 0.0214. The van der Waals surface area contributed by atoms with Crippen molar-refractivity contribution in [2.24, 2.45) is 4.99 Å². The van der Waals surface area contributed by atoms with Gasteiger partial charge in [-0.05, 0) is 59.9 Å². The van der Waals surface area contributed by atoms with Gasteiger partial charge in [0, 0.05) is 30.7 Å². The molecule has 10 nitrogen and oxygen atoms in total. The van der Waals surface area contributed by atoms with Crippen LogP contribution < -0.4 is 9.47 Å². The Kier molecular flexibility index (Phi) is 11.2. The van der Waals surface area contributed by atoms with Crippen molar-refractivity contribution in [1.29, 1.82) is 0 Å². The number of nitrogens with one attached hydrogen (secondary N) is 1. The molecule has 0 saturated heterocycles. The lowest BCUT2D eigenvalue weighted by atomic mass is 10.1. The van der Waals surface area contributed by atoms with Crippen LogP contribution in [0, 0.1) is 0 Å². The molecule has 0 spiro atoms. The molecule has 45 heavy (non-hydrogen) atoms. The lowest BCUT2D eigenvalue weighted by Crippen LogP contribution is -2.49. The Morgan fingerprint density at radius 2 is 1.60 bits per heavy atom. The second-order valence-corrected chi connectivity index (χ2v) is 20.0. The summed E-state index contributed by atoms with van der Waals surface area (Å²) < 4.78 is 54.1. The molecular formula is C33H47N3O7SSi. The molecule has 4 rings (SSSR count). The number of hydrogen-bond acceptors (Lipinski definition) is 9. The number of H-pyrrole nitrogens is 1. The first-order valence-corrected chi connectivity index (χ1v) is 19.5. The third-order valence-electron chi connectivity index (χ3n) is 8.11. The van der Waals surface area contributed by atoms with Crippen LogP contribution in [0.1, 0.15) is 54.2 Å². The van der Waals surface area contributed by atoms with Crippen molar-refractivity contribution in [3.63, 3.8) is 0 Å². The highest BCUT2D eigenvalue weighted by Gasteiger charge is 2.45. The van der Waals surface area contributed by atoms with Crippen LogP contribution in [0.5, 0.6) is 17.2 Å². The summed E-state index contributed by atoms with van der Waals surface area (Å²) in [5.41, 5.74) is 3.91. The third-order valence-corrected chi connectivity index (χ3v) is 15.2. The molecule has 2 atom stereocenters. The van der Waals surface area contributed by atoms with Gasteiger partial charge in [-0.2, -0.15) is 0 Å². The summed E-state index contributed by atoms with van der Waals surface area (Å²) in [5.74, 6) is 2.04. The Balaban J connectivity index is 1.52. The molecule has 1 aromatic carbocycles. The fraction of sp³-hybridized carbons (Fsp3) is 0.515. The van der Waals surface area contributed by atoms with E-state index in [1.54, 1.807) is 19.2 Å². The summed E-state index contributed by atoms with van der Waals surface area (Å²) in [4.78, 5) is 12.2. The third kappa shape index (κ3) is 8.35. The molecule has 2 aromatic heterocycles. The molecule has 1 aliphatic rings. The lowest BCUT2D eigenvalue weighted by molar-refractivity contribution is 0.0920. The predicted molar refractivity (Wildman–Crippen MR) is 179 cm³/mol. The Hall–Kier alpha value is -3.19. The van der Waals surface area contributed by atoms with E-state index in [1.165, 1.54) is 12.3 Å². The molecule has 0 saturated carbocycles. The standard InChI is InChI=1S/C33H47N3O7SSi/c1-21(2)45(22(3)4,23(5)6)40-20-29-18-35-33(43-29)31-12-11-30(36-31)25-14-27(41-24(7)19-39-8)16-28(15-25)42-26-10-13-32(34-17-26)44(9,37)38/h10-17,21-24,29,36H,18-20H2,1-9H3/t24-,29+/m0/s1. The molecule has 0 aliphatic carbocycles. The van der Waals surface area contributed by atoms with Crippen LogP contribution >= 0.6 is 0 Å². The number of hydrogen-bond donors (Lipinski definition) is 1. The Bertz CT molecular complexity index is 1550. The summed E-state index contributed by atoms with van der Waals surface area (Å²) >= 11 is 0. The molecule has 3 aromatic rings. The molecule has 246 valence electrons. The number of methoxy groups -OCH3 is 1. The van der Waals surface area contributed by atoms with Gasteiger partial charge in [-0.15, -0.1) is 0 Å².